The minimum Gasteiger partial charge on any atom is -0.493 e. The Morgan fingerprint density at radius 1 is 1.21 bits per heavy atom. The summed E-state index contributed by atoms with van der Waals surface area (Å²) in [4.78, 5) is 8.86. The summed E-state index contributed by atoms with van der Waals surface area (Å²) in [6.07, 6.45) is 0.784. The number of hydrogen-bond donors (Lipinski definition) is 0. The lowest BCUT2D eigenvalue weighted by Crippen LogP contribution is -2.00. The lowest BCUT2D eigenvalue weighted by Gasteiger charge is -2.11. The standard InChI is InChI=1S/C14H14BrClN2O/c1-3-10-12(15)13(16)18-14(17-10)9-7-5-6-8-11(9)19-4-2/h5-8H,3-4H2,1-2H3. The van der Waals surface area contributed by atoms with Gasteiger partial charge in [-0.25, -0.2) is 9.97 Å². The maximum atomic E-state index is 6.14. The monoisotopic (exact) mass is 340 g/mol. The highest BCUT2D eigenvalue weighted by atomic mass is 79.9. The lowest BCUT2D eigenvalue weighted by molar-refractivity contribution is 0.341. The average Bonchev–Trinajstić information content (AvgIpc) is 2.43. The second-order valence-electron chi connectivity index (χ2n) is 3.88. The zero-order valence-electron chi connectivity index (χ0n) is 10.8. The second kappa shape index (κ2) is 6.35. The van der Waals surface area contributed by atoms with Gasteiger partial charge in [0.25, 0.3) is 0 Å². The number of halogens is 2. The van der Waals surface area contributed by atoms with Crippen LogP contribution in [-0.4, -0.2) is 16.6 Å². The third-order valence-electron chi connectivity index (χ3n) is 2.64. The molecule has 2 aromatic rings. The van der Waals surface area contributed by atoms with Gasteiger partial charge in [0.1, 0.15) is 10.9 Å². The smallest absolute Gasteiger partial charge is 0.164 e. The molecule has 0 atom stereocenters. The number of para-hydroxylation sites is 1. The normalized spacial score (nSPS) is 10.5. The maximum absolute atomic E-state index is 6.14. The number of benzene rings is 1. The van der Waals surface area contributed by atoms with Gasteiger partial charge in [-0.2, -0.15) is 0 Å². The molecule has 0 saturated carbocycles. The van der Waals surface area contributed by atoms with E-state index in [4.69, 9.17) is 16.3 Å². The first-order chi connectivity index (χ1) is 9.17. The predicted octanol–water partition coefficient (Wildman–Crippen LogP) is 4.52. The number of ether oxygens (including phenoxy) is 1. The zero-order chi connectivity index (χ0) is 13.8. The fourth-order valence-corrected chi connectivity index (χ4v) is 2.40. The van der Waals surface area contributed by atoms with Crippen LogP contribution >= 0.6 is 27.5 Å². The molecule has 0 aliphatic carbocycles. The molecule has 2 rings (SSSR count). The van der Waals surface area contributed by atoms with Gasteiger partial charge < -0.3 is 4.74 Å². The van der Waals surface area contributed by atoms with Crippen LogP contribution in [0, 0.1) is 0 Å². The van der Waals surface area contributed by atoms with Crippen molar-refractivity contribution in [3.8, 4) is 17.1 Å². The third-order valence-corrected chi connectivity index (χ3v) is 3.98. The Morgan fingerprint density at radius 3 is 2.63 bits per heavy atom. The Labute approximate surface area is 126 Å². The molecule has 19 heavy (non-hydrogen) atoms. The van der Waals surface area contributed by atoms with Crippen LogP contribution in [0.3, 0.4) is 0 Å². The van der Waals surface area contributed by atoms with Gasteiger partial charge >= 0.3 is 0 Å². The van der Waals surface area contributed by atoms with Crippen molar-refractivity contribution < 1.29 is 4.74 Å². The fraction of sp³-hybridized carbons (Fsp3) is 0.286. The molecule has 0 fully saturated rings. The Morgan fingerprint density at radius 2 is 1.95 bits per heavy atom. The van der Waals surface area contributed by atoms with Crippen molar-refractivity contribution in [3.63, 3.8) is 0 Å². The highest BCUT2D eigenvalue weighted by Crippen LogP contribution is 2.31. The minimum absolute atomic E-state index is 0.424. The summed E-state index contributed by atoms with van der Waals surface area (Å²) < 4.78 is 6.36. The average molecular weight is 342 g/mol. The molecule has 1 aromatic heterocycles. The summed E-state index contributed by atoms with van der Waals surface area (Å²) in [6, 6.07) is 7.70. The molecular weight excluding hydrogens is 328 g/mol. The van der Waals surface area contributed by atoms with Gasteiger partial charge in [-0.1, -0.05) is 30.7 Å². The van der Waals surface area contributed by atoms with E-state index >= 15 is 0 Å². The highest BCUT2D eigenvalue weighted by molar-refractivity contribution is 9.10. The molecule has 0 N–H and O–H groups in total. The number of aromatic nitrogens is 2. The molecule has 0 aliphatic rings. The minimum atomic E-state index is 0.424. The van der Waals surface area contributed by atoms with Gasteiger partial charge in [-0.15, -0.1) is 0 Å². The Hall–Kier alpha value is -1.13. The Kier molecular flexibility index (Phi) is 4.77. The number of aryl methyl sites for hydroxylation is 1. The van der Waals surface area contributed by atoms with Crippen molar-refractivity contribution in [1.82, 2.24) is 9.97 Å². The molecule has 0 bridgehead atoms. The molecule has 1 aromatic carbocycles. The van der Waals surface area contributed by atoms with Crippen LogP contribution in [0.15, 0.2) is 28.7 Å². The number of rotatable bonds is 4. The van der Waals surface area contributed by atoms with Crippen LogP contribution in [0.5, 0.6) is 5.75 Å². The summed E-state index contributed by atoms with van der Waals surface area (Å²) in [7, 11) is 0. The van der Waals surface area contributed by atoms with E-state index in [1.54, 1.807) is 0 Å². The molecule has 5 heteroatoms. The van der Waals surface area contributed by atoms with Crippen molar-refractivity contribution in [2.45, 2.75) is 20.3 Å². The van der Waals surface area contributed by atoms with Crippen LogP contribution in [0.2, 0.25) is 5.15 Å². The van der Waals surface area contributed by atoms with Crippen LogP contribution in [0.25, 0.3) is 11.4 Å². The van der Waals surface area contributed by atoms with E-state index in [1.165, 1.54) is 0 Å². The lowest BCUT2D eigenvalue weighted by atomic mass is 10.2. The zero-order valence-corrected chi connectivity index (χ0v) is 13.1. The summed E-state index contributed by atoms with van der Waals surface area (Å²) in [5, 5.41) is 0.424. The van der Waals surface area contributed by atoms with Gasteiger partial charge in [0, 0.05) is 0 Å². The van der Waals surface area contributed by atoms with Gasteiger partial charge in [0.2, 0.25) is 0 Å². The van der Waals surface area contributed by atoms with E-state index < -0.39 is 0 Å². The third kappa shape index (κ3) is 3.07. The SMILES string of the molecule is CCOc1ccccc1-c1nc(Cl)c(Br)c(CC)n1. The molecule has 0 spiro atoms. The largest absolute Gasteiger partial charge is 0.493 e. The van der Waals surface area contributed by atoms with E-state index in [2.05, 4.69) is 25.9 Å². The predicted molar refractivity (Wildman–Crippen MR) is 80.7 cm³/mol. The van der Waals surface area contributed by atoms with E-state index in [0.717, 1.165) is 27.9 Å². The van der Waals surface area contributed by atoms with Crippen molar-refractivity contribution in [2.24, 2.45) is 0 Å². The molecule has 100 valence electrons. The molecule has 0 aliphatic heterocycles. The van der Waals surface area contributed by atoms with Crippen LogP contribution in [0.4, 0.5) is 0 Å². The van der Waals surface area contributed by atoms with Crippen LogP contribution in [0.1, 0.15) is 19.5 Å². The first-order valence-electron chi connectivity index (χ1n) is 6.11. The molecule has 0 unspecified atom stereocenters. The summed E-state index contributed by atoms with van der Waals surface area (Å²) in [5.41, 5.74) is 1.75. The number of hydrogen-bond acceptors (Lipinski definition) is 3. The van der Waals surface area contributed by atoms with Gasteiger partial charge in [0.15, 0.2) is 5.82 Å². The summed E-state index contributed by atoms with van der Waals surface area (Å²) >= 11 is 9.55. The maximum Gasteiger partial charge on any atom is 0.164 e. The van der Waals surface area contributed by atoms with Crippen molar-refractivity contribution in [1.29, 1.82) is 0 Å². The molecule has 3 nitrogen and oxygen atoms in total. The quantitative estimate of drug-likeness (QED) is 0.767. The molecule has 0 saturated heterocycles. The molecule has 0 radical (unpaired) electrons. The van der Waals surface area contributed by atoms with Crippen molar-refractivity contribution in [2.75, 3.05) is 6.61 Å². The van der Waals surface area contributed by atoms with Crippen LogP contribution in [-0.2, 0) is 6.42 Å². The van der Waals surface area contributed by atoms with E-state index in [1.807, 2.05) is 38.1 Å². The number of nitrogens with zero attached hydrogens (tertiary/aromatic N) is 2. The highest BCUT2D eigenvalue weighted by Gasteiger charge is 2.13. The van der Waals surface area contributed by atoms with Gasteiger partial charge in [-0.05, 0) is 41.4 Å². The Bertz CT molecular complexity index is 590. The van der Waals surface area contributed by atoms with Crippen molar-refractivity contribution >= 4 is 27.5 Å². The molecule has 0 amide bonds. The van der Waals surface area contributed by atoms with Crippen molar-refractivity contribution in [3.05, 3.63) is 39.6 Å². The Balaban J connectivity index is 2.56. The topological polar surface area (TPSA) is 35.0 Å². The second-order valence-corrected chi connectivity index (χ2v) is 5.03. The van der Waals surface area contributed by atoms with Gasteiger partial charge in [0.05, 0.1) is 22.3 Å². The molecular formula is C14H14BrClN2O. The van der Waals surface area contributed by atoms with E-state index in [-0.39, 0.29) is 0 Å². The van der Waals surface area contributed by atoms with Crippen LogP contribution < -0.4 is 4.74 Å². The fourth-order valence-electron chi connectivity index (χ4n) is 1.75. The van der Waals surface area contributed by atoms with E-state index in [9.17, 15) is 0 Å². The van der Waals surface area contributed by atoms with Gasteiger partial charge in [-0.3, -0.25) is 0 Å². The molecule has 1 heterocycles. The summed E-state index contributed by atoms with van der Waals surface area (Å²) in [6.45, 7) is 4.58. The first-order valence-corrected chi connectivity index (χ1v) is 7.28. The van der Waals surface area contributed by atoms with E-state index in [0.29, 0.717) is 17.6 Å². The first kappa shape index (κ1) is 14.3. The summed E-state index contributed by atoms with van der Waals surface area (Å²) in [5.74, 6) is 1.36.